The monoisotopic (exact) mass is 384 g/mol. The van der Waals surface area contributed by atoms with Crippen molar-refractivity contribution in [3.05, 3.63) is 58.6 Å². The lowest BCUT2D eigenvalue weighted by Gasteiger charge is -2.10. The molecule has 1 saturated carbocycles. The highest BCUT2D eigenvalue weighted by Crippen LogP contribution is 2.20. The van der Waals surface area contributed by atoms with Gasteiger partial charge in [0.2, 0.25) is 5.91 Å². The number of carbonyl (C=O) groups excluding carboxylic acids is 2. The van der Waals surface area contributed by atoms with Crippen LogP contribution in [0.5, 0.6) is 5.75 Å². The first-order chi connectivity index (χ1) is 13.5. The van der Waals surface area contributed by atoms with Gasteiger partial charge in [-0.3, -0.25) is 14.9 Å². The Kier molecular flexibility index (Phi) is 6.05. The molecule has 0 heterocycles. The minimum Gasteiger partial charge on any atom is -0.493 e. The SMILES string of the molecule is O=C(CCOc1ccc([N+](=O)[O-])cc1)Nc1cccc(NC(=O)NC2CC2)c1. The van der Waals surface area contributed by atoms with E-state index in [0.717, 1.165) is 12.8 Å². The molecule has 0 atom stereocenters. The molecule has 0 saturated heterocycles. The molecule has 0 unspecified atom stereocenters. The minimum absolute atomic E-state index is 0.0237. The standard InChI is InChI=1S/C19H20N4O5/c24-18(10-11-28-17-8-6-16(7-9-17)23(26)27)20-14-2-1-3-15(12-14)22-19(25)21-13-4-5-13/h1-3,6-9,12-13H,4-5,10-11H2,(H,20,24)(H2,21,22,25). The van der Waals surface area contributed by atoms with E-state index < -0.39 is 4.92 Å². The van der Waals surface area contributed by atoms with Crippen molar-refractivity contribution in [1.29, 1.82) is 0 Å². The fraction of sp³-hybridized carbons (Fsp3) is 0.263. The van der Waals surface area contributed by atoms with E-state index in [2.05, 4.69) is 16.0 Å². The first-order valence-corrected chi connectivity index (χ1v) is 8.84. The van der Waals surface area contributed by atoms with Crippen LogP contribution in [0, 0.1) is 10.1 Å². The third kappa shape index (κ3) is 5.97. The molecule has 28 heavy (non-hydrogen) atoms. The van der Waals surface area contributed by atoms with Crippen molar-refractivity contribution in [1.82, 2.24) is 5.32 Å². The number of anilines is 2. The van der Waals surface area contributed by atoms with Gasteiger partial charge in [-0.25, -0.2) is 4.79 Å². The van der Waals surface area contributed by atoms with E-state index in [1.165, 1.54) is 24.3 Å². The number of carbonyl (C=O) groups is 2. The molecule has 0 aliphatic heterocycles. The van der Waals surface area contributed by atoms with E-state index in [0.29, 0.717) is 17.1 Å². The highest BCUT2D eigenvalue weighted by Gasteiger charge is 2.23. The lowest BCUT2D eigenvalue weighted by molar-refractivity contribution is -0.384. The number of hydrogen-bond donors (Lipinski definition) is 3. The summed E-state index contributed by atoms with van der Waals surface area (Å²) in [4.78, 5) is 33.9. The number of nitro groups is 1. The van der Waals surface area contributed by atoms with Crippen LogP contribution in [0.4, 0.5) is 21.9 Å². The fourth-order valence-electron chi connectivity index (χ4n) is 2.40. The number of hydrogen-bond acceptors (Lipinski definition) is 5. The van der Waals surface area contributed by atoms with Gasteiger partial charge in [0.15, 0.2) is 0 Å². The molecule has 1 aliphatic rings. The molecule has 3 amide bonds. The summed E-state index contributed by atoms with van der Waals surface area (Å²) in [5.74, 6) is 0.202. The maximum Gasteiger partial charge on any atom is 0.319 e. The number of urea groups is 1. The van der Waals surface area contributed by atoms with Gasteiger partial charge in [0.1, 0.15) is 5.75 Å². The Bertz CT molecular complexity index is 865. The van der Waals surface area contributed by atoms with Crippen molar-refractivity contribution < 1.29 is 19.2 Å². The van der Waals surface area contributed by atoms with E-state index >= 15 is 0 Å². The topological polar surface area (TPSA) is 123 Å². The van der Waals surface area contributed by atoms with E-state index in [4.69, 9.17) is 4.74 Å². The lowest BCUT2D eigenvalue weighted by atomic mass is 10.2. The molecule has 0 spiro atoms. The Morgan fingerprint density at radius 3 is 2.39 bits per heavy atom. The molecule has 146 valence electrons. The third-order valence-corrected chi connectivity index (χ3v) is 3.96. The van der Waals surface area contributed by atoms with Crippen LogP contribution < -0.4 is 20.7 Å². The summed E-state index contributed by atoms with van der Waals surface area (Å²) < 4.78 is 5.42. The molecule has 2 aromatic rings. The van der Waals surface area contributed by atoms with E-state index in [-0.39, 0.29) is 36.7 Å². The molecule has 9 heteroatoms. The highest BCUT2D eigenvalue weighted by atomic mass is 16.6. The molecule has 1 aliphatic carbocycles. The maximum atomic E-state index is 12.1. The Morgan fingerprint density at radius 2 is 1.75 bits per heavy atom. The van der Waals surface area contributed by atoms with Crippen LogP contribution in [0.15, 0.2) is 48.5 Å². The van der Waals surface area contributed by atoms with Crippen molar-refractivity contribution in [3.8, 4) is 5.75 Å². The quantitative estimate of drug-likeness (QED) is 0.476. The summed E-state index contributed by atoms with van der Waals surface area (Å²) in [7, 11) is 0. The third-order valence-electron chi connectivity index (χ3n) is 3.96. The summed E-state index contributed by atoms with van der Waals surface area (Å²) >= 11 is 0. The zero-order valence-corrected chi connectivity index (χ0v) is 15.0. The molecular weight excluding hydrogens is 364 g/mol. The van der Waals surface area contributed by atoms with Gasteiger partial charge in [-0.1, -0.05) is 6.07 Å². The summed E-state index contributed by atoms with van der Waals surface area (Å²) in [5.41, 5.74) is 1.12. The predicted molar refractivity (Wildman–Crippen MR) is 103 cm³/mol. The number of nitro benzene ring substituents is 1. The average Bonchev–Trinajstić information content (AvgIpc) is 3.46. The van der Waals surface area contributed by atoms with Gasteiger partial charge >= 0.3 is 6.03 Å². The number of rotatable bonds is 8. The van der Waals surface area contributed by atoms with E-state index in [1.807, 2.05) is 0 Å². The van der Waals surface area contributed by atoms with Gasteiger partial charge in [-0.2, -0.15) is 0 Å². The Labute approximate surface area is 161 Å². The second-order valence-corrected chi connectivity index (χ2v) is 6.35. The first-order valence-electron chi connectivity index (χ1n) is 8.84. The molecule has 0 bridgehead atoms. The second kappa shape index (κ2) is 8.85. The van der Waals surface area contributed by atoms with Crippen LogP contribution in [0.25, 0.3) is 0 Å². The van der Waals surface area contributed by atoms with Gasteiger partial charge in [0.05, 0.1) is 18.0 Å². The van der Waals surface area contributed by atoms with Gasteiger partial charge < -0.3 is 20.7 Å². The van der Waals surface area contributed by atoms with Crippen LogP contribution in [0.2, 0.25) is 0 Å². The minimum atomic E-state index is -0.490. The van der Waals surface area contributed by atoms with Crippen LogP contribution in [0.3, 0.4) is 0 Å². The Morgan fingerprint density at radius 1 is 1.07 bits per heavy atom. The smallest absolute Gasteiger partial charge is 0.319 e. The number of benzene rings is 2. The zero-order chi connectivity index (χ0) is 19.9. The van der Waals surface area contributed by atoms with Gasteiger partial charge in [0.25, 0.3) is 5.69 Å². The number of nitrogens with zero attached hydrogens (tertiary/aromatic N) is 1. The molecule has 3 N–H and O–H groups in total. The van der Waals surface area contributed by atoms with Crippen molar-refractivity contribution in [2.75, 3.05) is 17.2 Å². The molecule has 2 aromatic carbocycles. The molecule has 9 nitrogen and oxygen atoms in total. The predicted octanol–water partition coefficient (Wildman–Crippen LogP) is 3.29. The van der Waals surface area contributed by atoms with Crippen LogP contribution in [-0.2, 0) is 4.79 Å². The van der Waals surface area contributed by atoms with Crippen molar-refractivity contribution in [2.45, 2.75) is 25.3 Å². The van der Waals surface area contributed by atoms with Crippen molar-refractivity contribution in [2.24, 2.45) is 0 Å². The summed E-state index contributed by atoms with van der Waals surface area (Å²) in [6.45, 7) is 0.130. The Balaban J connectivity index is 1.43. The second-order valence-electron chi connectivity index (χ2n) is 6.35. The van der Waals surface area contributed by atoms with Gasteiger partial charge in [0, 0.05) is 29.5 Å². The van der Waals surface area contributed by atoms with Gasteiger partial charge in [-0.15, -0.1) is 0 Å². The fourth-order valence-corrected chi connectivity index (χ4v) is 2.40. The normalized spacial score (nSPS) is 12.7. The summed E-state index contributed by atoms with van der Waals surface area (Å²) in [6, 6.07) is 12.5. The Hall–Kier alpha value is -3.62. The van der Waals surface area contributed by atoms with Crippen molar-refractivity contribution >= 4 is 29.0 Å². The molecule has 3 rings (SSSR count). The van der Waals surface area contributed by atoms with E-state index in [9.17, 15) is 19.7 Å². The van der Waals surface area contributed by atoms with Crippen LogP contribution in [-0.4, -0.2) is 29.5 Å². The van der Waals surface area contributed by atoms with Gasteiger partial charge in [-0.05, 0) is 43.2 Å². The summed E-state index contributed by atoms with van der Waals surface area (Å²) in [5, 5.41) is 18.9. The summed E-state index contributed by atoms with van der Waals surface area (Å²) in [6.07, 6.45) is 2.12. The largest absolute Gasteiger partial charge is 0.493 e. The number of non-ortho nitro benzene ring substituents is 1. The number of nitrogens with one attached hydrogen (secondary N) is 3. The number of ether oxygens (including phenoxy) is 1. The first kappa shape index (κ1) is 19.2. The zero-order valence-electron chi connectivity index (χ0n) is 15.0. The molecular formula is C19H20N4O5. The van der Waals surface area contributed by atoms with Crippen LogP contribution in [0.1, 0.15) is 19.3 Å². The van der Waals surface area contributed by atoms with Crippen molar-refractivity contribution in [3.63, 3.8) is 0 Å². The highest BCUT2D eigenvalue weighted by molar-refractivity contribution is 5.93. The average molecular weight is 384 g/mol. The number of amides is 3. The molecule has 1 fully saturated rings. The molecule has 0 aromatic heterocycles. The lowest BCUT2D eigenvalue weighted by Crippen LogP contribution is -2.30. The van der Waals surface area contributed by atoms with E-state index in [1.54, 1.807) is 24.3 Å². The molecule has 0 radical (unpaired) electrons. The maximum absolute atomic E-state index is 12.1. The van der Waals surface area contributed by atoms with Crippen LogP contribution >= 0.6 is 0 Å².